The van der Waals surface area contributed by atoms with E-state index in [-0.39, 0.29) is 21.5 Å². The first-order valence-corrected chi connectivity index (χ1v) is 12.6. The van der Waals surface area contributed by atoms with Gasteiger partial charge in [0.25, 0.3) is 0 Å². The minimum absolute atomic E-state index is 0.0828. The average Bonchev–Trinajstić information content (AvgIpc) is 2.98. The highest BCUT2D eigenvalue weighted by Gasteiger charge is 2.55. The molecule has 3 atom stereocenters. The van der Waals surface area contributed by atoms with E-state index < -0.39 is 27.9 Å². The van der Waals surface area contributed by atoms with Crippen LogP contribution in [0, 0.1) is 5.41 Å². The summed E-state index contributed by atoms with van der Waals surface area (Å²) in [6, 6.07) is -0.159. The average molecular weight is 450 g/mol. The monoisotopic (exact) mass is 449 g/mol. The van der Waals surface area contributed by atoms with Gasteiger partial charge < -0.3 is 14.6 Å². The molecule has 2 heterocycles. The first-order chi connectivity index (χ1) is 12.8. The van der Waals surface area contributed by atoms with Crippen LogP contribution >= 0.6 is 22.5 Å². The highest BCUT2D eigenvalue weighted by molar-refractivity contribution is 8.45. The van der Waals surface area contributed by atoms with E-state index in [1.807, 2.05) is 41.5 Å². The molecule has 9 heteroatoms. The lowest BCUT2D eigenvalue weighted by Gasteiger charge is -2.41. The quantitative estimate of drug-likeness (QED) is 0.337. The smallest absolute Gasteiger partial charge is 0.357 e. The van der Waals surface area contributed by atoms with E-state index in [1.54, 1.807) is 0 Å². The number of nitrogens with one attached hydrogen (secondary N) is 2. The van der Waals surface area contributed by atoms with Crippen molar-refractivity contribution in [2.75, 3.05) is 13.1 Å². The van der Waals surface area contributed by atoms with Gasteiger partial charge in [-0.3, -0.25) is 0 Å². The topological polar surface area (TPSA) is 85.8 Å². The Balaban J connectivity index is 1.93. The molecule has 6 nitrogen and oxygen atoms in total. The third kappa shape index (κ3) is 4.42. The van der Waals surface area contributed by atoms with Crippen LogP contribution in [0.2, 0.25) is 0 Å². The van der Waals surface area contributed by atoms with Crippen molar-refractivity contribution < 1.29 is 14.1 Å². The normalized spacial score (nSPS) is 29.6. The molecule has 0 aromatic heterocycles. The molecule has 1 spiro atoms. The molecule has 1 saturated heterocycles. The Hall–Kier alpha value is -0.250. The zero-order valence-corrected chi connectivity index (χ0v) is 20.0. The van der Waals surface area contributed by atoms with Gasteiger partial charge in [0.05, 0.1) is 5.70 Å². The van der Waals surface area contributed by atoms with Gasteiger partial charge in [-0.2, -0.15) is 0 Å². The molecule has 1 unspecified atom stereocenters. The zero-order valence-electron chi connectivity index (χ0n) is 17.5. The Bertz CT molecular complexity index is 706. The molecular weight excluding hydrogens is 418 g/mol. The number of halogens is 1. The van der Waals surface area contributed by atoms with Crippen LogP contribution in [0.25, 0.3) is 0 Å². The van der Waals surface area contributed by atoms with Gasteiger partial charge in [0.15, 0.2) is 4.50 Å². The molecule has 0 bridgehead atoms. The third-order valence-corrected chi connectivity index (χ3v) is 9.33. The summed E-state index contributed by atoms with van der Waals surface area (Å²) in [7, 11) is -1.43. The standard InChI is InChI=1S/C19H32ClN3O3S2/c1-17(2,3)26-16(24)27-12-11-19(7-9-21-10-8-19)14(13(12)22-15(27)20)23-28(25)18(4,5)6/h14,21,23,27H,7-11H2,1-6H3/t14-,28-/m1/s1. The van der Waals surface area contributed by atoms with Crippen LogP contribution in [-0.2, 0) is 16.1 Å². The van der Waals surface area contributed by atoms with E-state index in [0.717, 1.165) is 43.0 Å². The van der Waals surface area contributed by atoms with Crippen LogP contribution in [0.5, 0.6) is 0 Å². The number of carbonyl (C=O) groups is 1. The number of rotatable bonds is 2. The van der Waals surface area contributed by atoms with Gasteiger partial charge in [0.2, 0.25) is 0 Å². The van der Waals surface area contributed by atoms with Crippen molar-refractivity contribution >= 4 is 43.7 Å². The Morgan fingerprint density at radius 3 is 2.46 bits per heavy atom. The number of carbonyl (C=O) groups excluding carboxylic acids is 1. The van der Waals surface area contributed by atoms with E-state index in [2.05, 4.69) is 15.0 Å². The molecule has 0 amide bonds. The van der Waals surface area contributed by atoms with Gasteiger partial charge in [0, 0.05) is 21.7 Å². The van der Waals surface area contributed by atoms with E-state index in [0.29, 0.717) is 4.50 Å². The summed E-state index contributed by atoms with van der Waals surface area (Å²) < 4.78 is 21.9. The van der Waals surface area contributed by atoms with Gasteiger partial charge in [-0.1, -0.05) is 22.5 Å². The van der Waals surface area contributed by atoms with Crippen LogP contribution < -0.4 is 10.0 Å². The van der Waals surface area contributed by atoms with E-state index in [4.69, 9.17) is 16.3 Å². The Labute approximate surface area is 178 Å². The van der Waals surface area contributed by atoms with Crippen LogP contribution in [0.4, 0.5) is 4.79 Å². The van der Waals surface area contributed by atoms with E-state index in [9.17, 15) is 9.35 Å². The van der Waals surface area contributed by atoms with Crippen LogP contribution in [0.3, 0.4) is 0 Å². The minimum Gasteiger partial charge on any atom is -0.598 e. The SMILES string of the molecule is CC(C)(C)OC(=O)[SH]1C(Cl)=NC2=C1CC1(CCNCC1)[C@@H]2N[S@+]([O-])C(C)(C)C. The van der Waals surface area contributed by atoms with Gasteiger partial charge in [0.1, 0.15) is 16.4 Å². The number of aliphatic imine (C=N–C) groups is 1. The Kier molecular flexibility index (Phi) is 6.23. The Morgan fingerprint density at radius 2 is 1.93 bits per heavy atom. The van der Waals surface area contributed by atoms with Crippen molar-refractivity contribution in [2.45, 2.75) is 77.2 Å². The van der Waals surface area contributed by atoms with Crippen molar-refractivity contribution in [3.63, 3.8) is 0 Å². The number of ether oxygens (including phenoxy) is 1. The number of hydrogen-bond acceptors (Lipinski definition) is 6. The lowest BCUT2D eigenvalue weighted by atomic mass is 9.74. The van der Waals surface area contributed by atoms with E-state index in [1.165, 1.54) is 0 Å². The molecule has 2 N–H and O–H groups in total. The summed E-state index contributed by atoms with van der Waals surface area (Å²) in [5, 5.41) is 3.12. The van der Waals surface area contributed by atoms with Gasteiger partial charge >= 0.3 is 5.30 Å². The van der Waals surface area contributed by atoms with Crippen molar-refractivity contribution in [1.82, 2.24) is 10.0 Å². The number of hydrogen-bond donors (Lipinski definition) is 3. The first kappa shape index (κ1) is 22.4. The fraction of sp³-hybridized carbons (Fsp3) is 0.789. The van der Waals surface area contributed by atoms with Gasteiger partial charge in [-0.15, -0.1) is 4.72 Å². The maximum absolute atomic E-state index is 12.9. The molecule has 1 aliphatic carbocycles. The summed E-state index contributed by atoms with van der Waals surface area (Å²) >= 11 is 5.20. The fourth-order valence-corrected chi connectivity index (χ4v) is 7.50. The molecule has 3 aliphatic rings. The maximum Gasteiger partial charge on any atom is 0.357 e. The summed E-state index contributed by atoms with van der Waals surface area (Å²) in [5.41, 5.74) is 0.165. The minimum atomic E-state index is -1.43. The lowest BCUT2D eigenvalue weighted by molar-refractivity contribution is 0.0737. The maximum atomic E-state index is 12.9. The van der Waals surface area contributed by atoms with Crippen LogP contribution in [-0.4, -0.2) is 43.8 Å². The fourth-order valence-electron chi connectivity index (χ4n) is 3.91. The predicted octanol–water partition coefficient (Wildman–Crippen LogP) is 3.94. The second kappa shape index (κ2) is 7.78. The second-order valence-corrected chi connectivity index (χ2v) is 14.4. The molecule has 160 valence electrons. The Morgan fingerprint density at radius 1 is 1.32 bits per heavy atom. The van der Waals surface area contributed by atoms with Crippen molar-refractivity contribution in [2.24, 2.45) is 10.4 Å². The summed E-state index contributed by atoms with van der Waals surface area (Å²) in [5.74, 6) is 0. The highest BCUT2D eigenvalue weighted by atomic mass is 35.5. The molecule has 3 rings (SSSR count). The van der Waals surface area contributed by atoms with Gasteiger partial charge in [-0.05, 0) is 73.9 Å². The summed E-state index contributed by atoms with van der Waals surface area (Å²) in [6.45, 7) is 13.2. The molecule has 1 fully saturated rings. The molecule has 28 heavy (non-hydrogen) atoms. The first-order valence-electron chi connectivity index (χ1n) is 9.73. The molecule has 0 aromatic carbocycles. The van der Waals surface area contributed by atoms with Crippen LogP contribution in [0.15, 0.2) is 15.6 Å². The van der Waals surface area contributed by atoms with Crippen molar-refractivity contribution in [3.8, 4) is 0 Å². The van der Waals surface area contributed by atoms with Crippen molar-refractivity contribution in [3.05, 3.63) is 10.6 Å². The summed E-state index contributed by atoms with van der Waals surface area (Å²) in [6.07, 6.45) is 2.65. The predicted molar refractivity (Wildman–Crippen MR) is 120 cm³/mol. The molecule has 0 radical (unpaired) electrons. The van der Waals surface area contributed by atoms with Crippen molar-refractivity contribution in [1.29, 1.82) is 0 Å². The summed E-state index contributed by atoms with van der Waals surface area (Å²) in [4.78, 5) is 18.5. The molecule has 0 saturated carbocycles. The third-order valence-electron chi connectivity index (χ3n) is 5.32. The number of piperidine rings is 1. The lowest BCUT2D eigenvalue weighted by Crippen LogP contribution is -2.53. The molecular formula is C19H32ClN3O3S2. The second-order valence-electron chi connectivity index (χ2n) is 9.75. The number of thiol groups is 1. The highest BCUT2D eigenvalue weighted by Crippen LogP contribution is 2.61. The number of allylic oxidation sites excluding steroid dienone is 1. The van der Waals surface area contributed by atoms with Crippen LogP contribution in [0.1, 0.15) is 60.8 Å². The molecule has 2 aliphatic heterocycles. The molecule has 0 aromatic rings. The van der Waals surface area contributed by atoms with Gasteiger partial charge in [-0.25, -0.2) is 9.79 Å². The number of nitrogens with zero attached hydrogens (tertiary/aromatic N) is 1. The van der Waals surface area contributed by atoms with E-state index >= 15 is 0 Å². The zero-order chi connectivity index (χ0) is 20.9. The largest absolute Gasteiger partial charge is 0.598 e.